The highest BCUT2D eigenvalue weighted by Gasteiger charge is 2.20. The highest BCUT2D eigenvalue weighted by Crippen LogP contribution is 2.22. The van der Waals surface area contributed by atoms with Gasteiger partial charge in [-0.1, -0.05) is 57.2 Å². The zero-order valence-electron chi connectivity index (χ0n) is 17.9. The van der Waals surface area contributed by atoms with Gasteiger partial charge in [-0.3, -0.25) is 9.59 Å². The number of para-hydroxylation sites is 1. The fourth-order valence-corrected chi connectivity index (χ4v) is 3.20. The van der Waals surface area contributed by atoms with E-state index < -0.39 is 17.2 Å². The van der Waals surface area contributed by atoms with Gasteiger partial charge in [0.2, 0.25) is 5.43 Å². The summed E-state index contributed by atoms with van der Waals surface area (Å²) < 4.78 is 15.5. The molecule has 0 aliphatic heterocycles. The summed E-state index contributed by atoms with van der Waals surface area (Å²) in [5.74, 6) is -0.993. The number of hydrogen-bond acceptors (Lipinski definition) is 3. The maximum atomic E-state index is 14.2. The van der Waals surface area contributed by atoms with Crippen molar-refractivity contribution in [3.8, 4) is 5.69 Å². The third-order valence-electron chi connectivity index (χ3n) is 4.98. The van der Waals surface area contributed by atoms with Crippen molar-refractivity contribution in [2.75, 3.05) is 7.05 Å². The average Bonchev–Trinajstić information content (AvgIpc) is 2.68. The molecule has 1 aromatic heterocycles. The SMILES string of the molecule is Cc1cc(=O)c(C(=O)N(C)Cc2ccc(C(C)(C)C)cc2)nn1-c1ccccc1F. The highest BCUT2D eigenvalue weighted by atomic mass is 19.1. The Morgan fingerprint density at radius 3 is 2.33 bits per heavy atom. The maximum absolute atomic E-state index is 14.2. The molecule has 0 spiro atoms. The lowest BCUT2D eigenvalue weighted by atomic mass is 9.87. The molecule has 0 fully saturated rings. The average molecular weight is 407 g/mol. The van der Waals surface area contributed by atoms with Gasteiger partial charge in [0.25, 0.3) is 5.91 Å². The molecular weight excluding hydrogens is 381 g/mol. The topological polar surface area (TPSA) is 55.2 Å². The number of halogens is 1. The van der Waals surface area contributed by atoms with Crippen molar-refractivity contribution >= 4 is 5.91 Å². The standard InChI is InChI=1S/C24H26FN3O2/c1-16-14-21(29)22(26-28(16)20-9-7-6-8-19(20)25)23(30)27(5)15-17-10-12-18(13-11-17)24(2,3)4/h6-14H,15H2,1-5H3. The normalized spacial score (nSPS) is 11.4. The number of aromatic nitrogens is 2. The van der Waals surface area contributed by atoms with Crippen LogP contribution in [0.25, 0.3) is 5.69 Å². The lowest BCUT2D eigenvalue weighted by Gasteiger charge is -2.21. The zero-order valence-corrected chi connectivity index (χ0v) is 17.9. The molecule has 0 unspecified atom stereocenters. The van der Waals surface area contributed by atoms with E-state index in [1.54, 1.807) is 32.2 Å². The molecule has 3 aromatic rings. The van der Waals surface area contributed by atoms with Crippen LogP contribution in [0, 0.1) is 12.7 Å². The predicted molar refractivity (Wildman–Crippen MR) is 115 cm³/mol. The number of benzene rings is 2. The molecule has 30 heavy (non-hydrogen) atoms. The number of nitrogens with zero attached hydrogens (tertiary/aromatic N) is 3. The van der Waals surface area contributed by atoms with Gasteiger partial charge in [-0.25, -0.2) is 9.07 Å². The fourth-order valence-electron chi connectivity index (χ4n) is 3.20. The van der Waals surface area contributed by atoms with E-state index in [1.807, 2.05) is 24.3 Å². The first-order valence-electron chi connectivity index (χ1n) is 9.78. The number of carbonyl (C=O) groups excluding carboxylic acids is 1. The molecule has 0 atom stereocenters. The Hall–Kier alpha value is -3.28. The molecule has 0 aliphatic carbocycles. The van der Waals surface area contributed by atoms with Crippen molar-refractivity contribution in [2.24, 2.45) is 0 Å². The van der Waals surface area contributed by atoms with Crippen LogP contribution in [0.3, 0.4) is 0 Å². The number of rotatable bonds is 4. The Morgan fingerprint density at radius 1 is 1.10 bits per heavy atom. The van der Waals surface area contributed by atoms with Gasteiger partial charge in [-0.05, 0) is 35.6 Å². The van der Waals surface area contributed by atoms with E-state index in [4.69, 9.17) is 0 Å². The second-order valence-corrected chi connectivity index (χ2v) is 8.47. The van der Waals surface area contributed by atoms with Crippen LogP contribution in [0.5, 0.6) is 0 Å². The van der Waals surface area contributed by atoms with Gasteiger partial charge < -0.3 is 4.90 Å². The van der Waals surface area contributed by atoms with Gasteiger partial charge in [-0.15, -0.1) is 0 Å². The zero-order chi connectivity index (χ0) is 22.1. The van der Waals surface area contributed by atoms with Crippen molar-refractivity contribution in [1.29, 1.82) is 0 Å². The summed E-state index contributed by atoms with van der Waals surface area (Å²) in [6, 6.07) is 15.5. The van der Waals surface area contributed by atoms with Crippen molar-refractivity contribution in [2.45, 2.75) is 39.7 Å². The molecule has 0 aliphatic rings. The van der Waals surface area contributed by atoms with Crippen LogP contribution in [0.2, 0.25) is 0 Å². The van der Waals surface area contributed by atoms with Crippen LogP contribution in [-0.4, -0.2) is 27.6 Å². The van der Waals surface area contributed by atoms with Gasteiger partial charge in [-0.2, -0.15) is 5.10 Å². The summed E-state index contributed by atoms with van der Waals surface area (Å²) in [7, 11) is 1.62. The lowest BCUT2D eigenvalue weighted by Crippen LogP contribution is -2.33. The van der Waals surface area contributed by atoms with Gasteiger partial charge >= 0.3 is 0 Å². The molecule has 3 rings (SSSR count). The molecular formula is C24H26FN3O2. The Morgan fingerprint density at radius 2 is 1.73 bits per heavy atom. The first-order chi connectivity index (χ1) is 14.1. The molecule has 1 amide bonds. The molecule has 5 nitrogen and oxygen atoms in total. The summed E-state index contributed by atoms with van der Waals surface area (Å²) in [4.78, 5) is 26.8. The number of amides is 1. The van der Waals surface area contributed by atoms with Gasteiger partial charge in [0.05, 0.1) is 0 Å². The molecule has 2 aromatic carbocycles. The molecule has 156 valence electrons. The molecule has 6 heteroatoms. The van der Waals surface area contributed by atoms with Gasteiger partial charge in [0.15, 0.2) is 5.69 Å². The molecule has 0 bridgehead atoms. The minimum atomic E-state index is -0.509. The van der Waals surface area contributed by atoms with E-state index in [1.165, 1.54) is 27.3 Å². The summed E-state index contributed by atoms with van der Waals surface area (Å²) in [6.45, 7) is 8.40. The summed E-state index contributed by atoms with van der Waals surface area (Å²) in [6.07, 6.45) is 0. The van der Waals surface area contributed by atoms with Crippen LogP contribution < -0.4 is 5.43 Å². The second kappa shape index (κ2) is 8.22. The Labute approximate surface area is 175 Å². The van der Waals surface area contributed by atoms with E-state index in [9.17, 15) is 14.0 Å². The van der Waals surface area contributed by atoms with Crippen LogP contribution in [0.4, 0.5) is 4.39 Å². The molecule has 0 saturated heterocycles. The number of carbonyl (C=O) groups is 1. The summed E-state index contributed by atoms with van der Waals surface area (Å²) in [5, 5.41) is 4.18. The van der Waals surface area contributed by atoms with Crippen LogP contribution in [-0.2, 0) is 12.0 Å². The monoisotopic (exact) mass is 407 g/mol. The fraction of sp³-hybridized carbons (Fsp3) is 0.292. The Balaban J connectivity index is 1.88. The largest absolute Gasteiger partial charge is 0.336 e. The smallest absolute Gasteiger partial charge is 0.278 e. The van der Waals surface area contributed by atoms with Crippen LogP contribution in [0.15, 0.2) is 59.4 Å². The van der Waals surface area contributed by atoms with E-state index in [2.05, 4.69) is 25.9 Å². The predicted octanol–water partition coefficient (Wildman–Crippen LogP) is 4.25. The van der Waals surface area contributed by atoms with E-state index in [-0.39, 0.29) is 16.8 Å². The van der Waals surface area contributed by atoms with E-state index >= 15 is 0 Å². The minimum Gasteiger partial charge on any atom is -0.336 e. The first kappa shape index (κ1) is 21.4. The van der Waals surface area contributed by atoms with E-state index in [0.717, 1.165) is 5.56 Å². The third kappa shape index (κ3) is 4.48. The van der Waals surface area contributed by atoms with Crippen molar-refractivity contribution < 1.29 is 9.18 Å². The van der Waals surface area contributed by atoms with Crippen molar-refractivity contribution in [3.63, 3.8) is 0 Å². The minimum absolute atomic E-state index is 0.0455. The summed E-state index contributed by atoms with van der Waals surface area (Å²) >= 11 is 0. The third-order valence-corrected chi connectivity index (χ3v) is 4.98. The van der Waals surface area contributed by atoms with Crippen LogP contribution in [0.1, 0.15) is 48.1 Å². The quantitative estimate of drug-likeness (QED) is 0.650. The molecule has 0 saturated carbocycles. The first-order valence-corrected chi connectivity index (χ1v) is 9.78. The van der Waals surface area contributed by atoms with Crippen LogP contribution >= 0.6 is 0 Å². The molecule has 0 N–H and O–H groups in total. The summed E-state index contributed by atoms with van der Waals surface area (Å²) in [5.41, 5.74) is 2.10. The highest BCUT2D eigenvalue weighted by molar-refractivity contribution is 5.91. The Bertz CT molecular complexity index is 1130. The lowest BCUT2D eigenvalue weighted by molar-refractivity contribution is 0.0775. The number of hydrogen-bond donors (Lipinski definition) is 0. The Kier molecular flexibility index (Phi) is 5.87. The number of aryl methyl sites for hydroxylation is 1. The molecule has 1 heterocycles. The van der Waals surface area contributed by atoms with Crippen molar-refractivity contribution in [1.82, 2.24) is 14.7 Å². The van der Waals surface area contributed by atoms with E-state index in [0.29, 0.717) is 12.2 Å². The van der Waals surface area contributed by atoms with Crippen molar-refractivity contribution in [3.05, 3.63) is 93.2 Å². The second-order valence-electron chi connectivity index (χ2n) is 8.47. The van der Waals surface area contributed by atoms with Gasteiger partial charge in [0, 0.05) is 25.4 Å². The van der Waals surface area contributed by atoms with Gasteiger partial charge in [0.1, 0.15) is 11.5 Å². The maximum Gasteiger partial charge on any atom is 0.278 e. The molecule has 0 radical (unpaired) electrons.